The molecule has 0 saturated carbocycles. The lowest BCUT2D eigenvalue weighted by molar-refractivity contribution is 0.0384. The molecule has 1 aliphatic rings. The van der Waals surface area contributed by atoms with Gasteiger partial charge in [-0.05, 0) is 41.7 Å². The van der Waals surface area contributed by atoms with E-state index >= 15 is 0 Å². The van der Waals surface area contributed by atoms with Crippen LogP contribution in [0.15, 0.2) is 43.0 Å². The molecule has 5 heteroatoms. The number of benzene rings is 2. The Morgan fingerprint density at radius 2 is 2.00 bits per heavy atom. The van der Waals surface area contributed by atoms with Crippen molar-refractivity contribution < 1.29 is 14.6 Å². The molecule has 0 aliphatic carbocycles. The highest BCUT2D eigenvalue weighted by Crippen LogP contribution is 2.36. The third-order valence-corrected chi connectivity index (χ3v) is 5.34. The van der Waals surface area contributed by atoms with Crippen LogP contribution in [0.3, 0.4) is 0 Å². The van der Waals surface area contributed by atoms with Crippen LogP contribution in [0.1, 0.15) is 36.5 Å². The Morgan fingerprint density at radius 3 is 2.69 bits per heavy atom. The molecular formula is C24H32N2O3. The molecule has 3 rings (SSSR count). The van der Waals surface area contributed by atoms with Crippen molar-refractivity contribution in [1.82, 2.24) is 4.90 Å². The number of morpholine rings is 1. The van der Waals surface area contributed by atoms with Crippen LogP contribution >= 0.6 is 0 Å². The van der Waals surface area contributed by atoms with Crippen molar-refractivity contribution in [1.29, 1.82) is 0 Å². The van der Waals surface area contributed by atoms with E-state index in [1.165, 1.54) is 5.56 Å². The maximum absolute atomic E-state index is 10.5. The zero-order chi connectivity index (χ0) is 20.8. The third kappa shape index (κ3) is 5.52. The van der Waals surface area contributed by atoms with E-state index in [1.807, 2.05) is 12.1 Å². The van der Waals surface area contributed by atoms with Gasteiger partial charge in [0.05, 0.1) is 20.3 Å². The lowest BCUT2D eigenvalue weighted by atomic mass is 9.97. The lowest BCUT2D eigenvalue weighted by Gasteiger charge is -2.26. The molecule has 156 valence electrons. The number of phenols is 1. The Balaban J connectivity index is 1.69. The van der Waals surface area contributed by atoms with Crippen LogP contribution in [-0.4, -0.2) is 50.0 Å². The summed E-state index contributed by atoms with van der Waals surface area (Å²) in [5, 5.41) is 13.8. The predicted octanol–water partition coefficient (Wildman–Crippen LogP) is 4.48. The topological polar surface area (TPSA) is 54.0 Å². The first-order chi connectivity index (χ1) is 14.0. The van der Waals surface area contributed by atoms with E-state index in [-0.39, 0.29) is 11.7 Å². The Labute approximate surface area is 174 Å². The predicted molar refractivity (Wildman–Crippen MR) is 119 cm³/mol. The second kappa shape index (κ2) is 9.81. The minimum absolute atomic E-state index is 0.159. The molecule has 1 aliphatic heterocycles. The van der Waals surface area contributed by atoms with Crippen molar-refractivity contribution >= 4 is 11.4 Å². The summed E-state index contributed by atoms with van der Waals surface area (Å²) < 4.78 is 10.8. The highest BCUT2D eigenvalue weighted by atomic mass is 16.5. The minimum atomic E-state index is 0.159. The van der Waals surface area contributed by atoms with Crippen LogP contribution in [0, 0.1) is 0 Å². The zero-order valence-electron chi connectivity index (χ0n) is 17.7. The molecule has 0 amide bonds. The zero-order valence-corrected chi connectivity index (χ0v) is 17.7. The number of nitrogens with one attached hydrogen (secondary N) is 1. The maximum Gasteiger partial charge on any atom is 0.128 e. The monoisotopic (exact) mass is 396 g/mol. The molecule has 0 unspecified atom stereocenters. The van der Waals surface area contributed by atoms with Crippen LogP contribution < -0.4 is 10.1 Å². The van der Waals surface area contributed by atoms with Crippen molar-refractivity contribution in [3.63, 3.8) is 0 Å². The number of rotatable bonds is 8. The normalized spacial score (nSPS) is 14.8. The van der Waals surface area contributed by atoms with Gasteiger partial charge in [-0.1, -0.05) is 32.6 Å². The molecule has 5 nitrogen and oxygen atoms in total. The molecule has 2 aromatic rings. The maximum atomic E-state index is 10.5. The van der Waals surface area contributed by atoms with Crippen molar-refractivity contribution in [2.45, 2.75) is 26.2 Å². The summed E-state index contributed by atoms with van der Waals surface area (Å²) in [6.07, 6.45) is 0.993. The Kier molecular flexibility index (Phi) is 7.18. The Hall–Kier alpha value is -2.50. The van der Waals surface area contributed by atoms with Crippen LogP contribution in [0.5, 0.6) is 11.5 Å². The second-order valence-electron chi connectivity index (χ2n) is 7.77. The molecule has 1 heterocycles. The Morgan fingerprint density at radius 1 is 1.24 bits per heavy atom. The van der Waals surface area contributed by atoms with E-state index in [9.17, 15) is 5.11 Å². The highest BCUT2D eigenvalue weighted by molar-refractivity contribution is 5.79. The first kappa shape index (κ1) is 21.2. The summed E-state index contributed by atoms with van der Waals surface area (Å²) in [5.41, 5.74) is 4.64. The second-order valence-corrected chi connectivity index (χ2v) is 7.77. The van der Waals surface area contributed by atoms with E-state index < -0.39 is 0 Å². The molecule has 0 atom stereocenters. The number of ether oxygens (including phenoxy) is 2. The van der Waals surface area contributed by atoms with Gasteiger partial charge in [-0.25, -0.2) is 0 Å². The summed E-state index contributed by atoms with van der Waals surface area (Å²) in [5.74, 6) is 1.13. The van der Waals surface area contributed by atoms with E-state index in [0.29, 0.717) is 17.0 Å². The molecule has 29 heavy (non-hydrogen) atoms. The molecule has 2 N–H and O–H groups in total. The van der Waals surface area contributed by atoms with E-state index in [1.54, 1.807) is 13.2 Å². The van der Waals surface area contributed by atoms with Gasteiger partial charge in [0, 0.05) is 42.6 Å². The summed E-state index contributed by atoms with van der Waals surface area (Å²) in [7, 11) is 1.62. The van der Waals surface area contributed by atoms with Gasteiger partial charge in [-0.2, -0.15) is 0 Å². The van der Waals surface area contributed by atoms with Crippen LogP contribution in [0.25, 0.3) is 5.70 Å². The van der Waals surface area contributed by atoms with Crippen LogP contribution in [0.4, 0.5) is 5.69 Å². The summed E-state index contributed by atoms with van der Waals surface area (Å²) in [4.78, 5) is 2.44. The van der Waals surface area contributed by atoms with Gasteiger partial charge < -0.3 is 19.9 Å². The van der Waals surface area contributed by atoms with Crippen molar-refractivity contribution in [3.05, 3.63) is 59.7 Å². The summed E-state index contributed by atoms with van der Waals surface area (Å²) >= 11 is 0. The fraction of sp³-hybridized carbons (Fsp3) is 0.417. The minimum Gasteiger partial charge on any atom is -0.507 e. The van der Waals surface area contributed by atoms with Crippen molar-refractivity contribution in [2.75, 3.05) is 45.3 Å². The summed E-state index contributed by atoms with van der Waals surface area (Å²) in [6.45, 7) is 13.0. The van der Waals surface area contributed by atoms with E-state index in [2.05, 4.69) is 48.8 Å². The van der Waals surface area contributed by atoms with E-state index in [4.69, 9.17) is 9.47 Å². The standard InChI is InChI=1S/C24H32N2O3/c1-17(2)21-15-22(23(27)16-24(21)28-4)18(3)25-20-7-5-6-19(14-20)8-9-26-10-12-29-13-11-26/h5-7,14-17,25,27H,3,8-13H2,1-2,4H3. The lowest BCUT2D eigenvalue weighted by Crippen LogP contribution is -2.37. The number of hydrogen-bond donors (Lipinski definition) is 2. The molecule has 1 saturated heterocycles. The van der Waals surface area contributed by atoms with Gasteiger partial charge in [0.25, 0.3) is 0 Å². The average molecular weight is 397 g/mol. The van der Waals surface area contributed by atoms with Gasteiger partial charge in [-0.3, -0.25) is 4.90 Å². The number of aromatic hydroxyl groups is 1. The SMILES string of the molecule is C=C(Nc1cccc(CCN2CCOCC2)c1)c1cc(C(C)C)c(OC)cc1O. The smallest absolute Gasteiger partial charge is 0.128 e. The van der Waals surface area contributed by atoms with Crippen molar-refractivity contribution in [3.8, 4) is 11.5 Å². The van der Waals surface area contributed by atoms with Gasteiger partial charge in [-0.15, -0.1) is 0 Å². The number of methoxy groups -OCH3 is 1. The fourth-order valence-corrected chi connectivity index (χ4v) is 3.61. The molecule has 0 spiro atoms. The van der Waals surface area contributed by atoms with Gasteiger partial charge in [0.15, 0.2) is 0 Å². The Bertz CT molecular complexity index is 842. The fourth-order valence-electron chi connectivity index (χ4n) is 3.61. The van der Waals surface area contributed by atoms with Crippen LogP contribution in [0.2, 0.25) is 0 Å². The molecule has 1 fully saturated rings. The average Bonchev–Trinajstić information content (AvgIpc) is 2.72. The first-order valence-corrected chi connectivity index (χ1v) is 10.2. The first-order valence-electron chi connectivity index (χ1n) is 10.2. The number of anilines is 1. The van der Waals surface area contributed by atoms with Gasteiger partial charge in [0.1, 0.15) is 11.5 Å². The number of hydrogen-bond acceptors (Lipinski definition) is 5. The number of phenolic OH excluding ortho intramolecular Hbond substituents is 1. The van der Waals surface area contributed by atoms with E-state index in [0.717, 1.165) is 50.5 Å². The largest absolute Gasteiger partial charge is 0.507 e. The molecule has 2 aromatic carbocycles. The number of nitrogens with zero attached hydrogens (tertiary/aromatic N) is 1. The molecule has 0 bridgehead atoms. The van der Waals surface area contributed by atoms with Crippen LogP contribution in [-0.2, 0) is 11.2 Å². The van der Waals surface area contributed by atoms with Gasteiger partial charge in [0.2, 0.25) is 0 Å². The highest BCUT2D eigenvalue weighted by Gasteiger charge is 2.15. The quantitative estimate of drug-likeness (QED) is 0.689. The van der Waals surface area contributed by atoms with Gasteiger partial charge >= 0.3 is 0 Å². The van der Waals surface area contributed by atoms with Crippen molar-refractivity contribution in [2.24, 2.45) is 0 Å². The molecule has 0 radical (unpaired) electrons. The molecule has 0 aromatic heterocycles. The third-order valence-electron chi connectivity index (χ3n) is 5.34. The molecular weight excluding hydrogens is 364 g/mol. The summed E-state index contributed by atoms with van der Waals surface area (Å²) in [6, 6.07) is 12.0.